The minimum Gasteiger partial charge on any atom is -0.456 e. The SMILES string of the molecule is c1ccc(-c2nc(-c3ccc4c(c3)oc3ccccc34)nc(-c3ccc4oc5ccc6ccc7ccccc7c6c5c4c3)n2)cc1. The first-order valence-electron chi connectivity index (χ1n) is 15.3. The predicted molar refractivity (Wildman–Crippen MR) is 186 cm³/mol. The molecule has 5 heteroatoms. The van der Waals surface area contributed by atoms with Crippen LogP contribution in [0.4, 0.5) is 0 Å². The number of fused-ring (bicyclic) bond motifs is 10. The molecule has 3 heterocycles. The first-order valence-corrected chi connectivity index (χ1v) is 15.3. The van der Waals surface area contributed by atoms with Crippen LogP contribution >= 0.6 is 0 Å². The molecule has 0 aliphatic rings. The van der Waals surface area contributed by atoms with Crippen LogP contribution in [0, 0.1) is 0 Å². The average Bonchev–Trinajstić information content (AvgIpc) is 3.69. The average molecular weight is 590 g/mol. The molecule has 5 nitrogen and oxygen atoms in total. The number of hydrogen-bond acceptors (Lipinski definition) is 5. The van der Waals surface area contributed by atoms with Crippen LogP contribution in [-0.4, -0.2) is 15.0 Å². The van der Waals surface area contributed by atoms with Gasteiger partial charge < -0.3 is 8.83 Å². The highest BCUT2D eigenvalue weighted by Gasteiger charge is 2.17. The molecular formula is C41H23N3O2. The summed E-state index contributed by atoms with van der Waals surface area (Å²) in [6, 6.07) is 47.6. The highest BCUT2D eigenvalue weighted by atomic mass is 16.3. The quantitative estimate of drug-likeness (QED) is 0.192. The van der Waals surface area contributed by atoms with Crippen LogP contribution in [0.15, 0.2) is 148 Å². The highest BCUT2D eigenvalue weighted by molar-refractivity contribution is 6.26. The van der Waals surface area contributed by atoms with Gasteiger partial charge in [0.05, 0.1) is 0 Å². The normalized spacial score (nSPS) is 11.9. The lowest BCUT2D eigenvalue weighted by Gasteiger charge is -2.09. The summed E-state index contributed by atoms with van der Waals surface area (Å²) in [7, 11) is 0. The van der Waals surface area contributed by atoms with Crippen LogP contribution in [-0.2, 0) is 0 Å². The van der Waals surface area contributed by atoms with E-state index >= 15 is 0 Å². The van der Waals surface area contributed by atoms with Crippen LogP contribution in [0.5, 0.6) is 0 Å². The molecule has 0 aliphatic heterocycles. The molecule has 0 spiro atoms. The number of rotatable bonds is 3. The second-order valence-corrected chi connectivity index (χ2v) is 11.6. The van der Waals surface area contributed by atoms with Gasteiger partial charge in [0.2, 0.25) is 0 Å². The number of benzene rings is 7. The largest absolute Gasteiger partial charge is 0.456 e. The summed E-state index contributed by atoms with van der Waals surface area (Å²) in [4.78, 5) is 15.0. The smallest absolute Gasteiger partial charge is 0.164 e. The van der Waals surface area contributed by atoms with Gasteiger partial charge in [-0.2, -0.15) is 0 Å². The molecule has 0 radical (unpaired) electrons. The molecule has 0 saturated heterocycles. The van der Waals surface area contributed by atoms with Crippen molar-refractivity contribution >= 4 is 65.4 Å². The van der Waals surface area contributed by atoms with Gasteiger partial charge in [0, 0.05) is 43.6 Å². The molecular weight excluding hydrogens is 566 g/mol. The molecule has 214 valence electrons. The van der Waals surface area contributed by atoms with Gasteiger partial charge in [0.25, 0.3) is 0 Å². The zero-order chi connectivity index (χ0) is 30.2. The van der Waals surface area contributed by atoms with Crippen molar-refractivity contribution in [2.75, 3.05) is 0 Å². The van der Waals surface area contributed by atoms with E-state index in [4.69, 9.17) is 23.8 Å². The van der Waals surface area contributed by atoms with E-state index in [1.807, 2.05) is 66.7 Å². The van der Waals surface area contributed by atoms with Crippen LogP contribution in [0.25, 0.3) is 99.6 Å². The van der Waals surface area contributed by atoms with E-state index in [1.165, 1.54) is 21.5 Å². The van der Waals surface area contributed by atoms with E-state index in [9.17, 15) is 0 Å². The number of aromatic nitrogens is 3. The van der Waals surface area contributed by atoms with Gasteiger partial charge in [0.1, 0.15) is 22.3 Å². The first kappa shape index (κ1) is 25.0. The number of para-hydroxylation sites is 1. The maximum absolute atomic E-state index is 6.39. The molecule has 7 aromatic carbocycles. The second-order valence-electron chi connectivity index (χ2n) is 11.6. The van der Waals surface area contributed by atoms with E-state index in [-0.39, 0.29) is 0 Å². The number of nitrogens with zero attached hydrogens (tertiary/aromatic N) is 3. The van der Waals surface area contributed by atoms with Gasteiger partial charge >= 0.3 is 0 Å². The monoisotopic (exact) mass is 589 g/mol. The Hall–Kier alpha value is -6.33. The van der Waals surface area contributed by atoms with Crippen molar-refractivity contribution in [1.29, 1.82) is 0 Å². The molecule has 0 amide bonds. The first-order chi connectivity index (χ1) is 22.8. The van der Waals surface area contributed by atoms with Crippen LogP contribution in [0.2, 0.25) is 0 Å². The number of hydrogen-bond donors (Lipinski definition) is 0. The molecule has 0 fully saturated rings. The maximum atomic E-state index is 6.39. The molecule has 0 unspecified atom stereocenters. The Morgan fingerprint density at radius 2 is 0.913 bits per heavy atom. The van der Waals surface area contributed by atoms with Crippen molar-refractivity contribution < 1.29 is 8.83 Å². The van der Waals surface area contributed by atoms with Crippen LogP contribution in [0.1, 0.15) is 0 Å². The molecule has 46 heavy (non-hydrogen) atoms. The Morgan fingerprint density at radius 3 is 1.78 bits per heavy atom. The fourth-order valence-electron chi connectivity index (χ4n) is 6.72. The Labute approximate surface area is 262 Å². The summed E-state index contributed by atoms with van der Waals surface area (Å²) in [6.45, 7) is 0. The highest BCUT2D eigenvalue weighted by Crippen LogP contribution is 2.40. The van der Waals surface area contributed by atoms with Gasteiger partial charge in [-0.1, -0.05) is 97.1 Å². The van der Waals surface area contributed by atoms with Crippen LogP contribution < -0.4 is 0 Å². The summed E-state index contributed by atoms with van der Waals surface area (Å²) in [5.41, 5.74) is 6.01. The number of furan rings is 2. The lowest BCUT2D eigenvalue weighted by Crippen LogP contribution is -2.00. The summed E-state index contributed by atoms with van der Waals surface area (Å²) in [6.07, 6.45) is 0. The molecule has 0 N–H and O–H groups in total. The van der Waals surface area contributed by atoms with Crippen molar-refractivity contribution in [1.82, 2.24) is 15.0 Å². The van der Waals surface area contributed by atoms with Crippen molar-refractivity contribution in [2.45, 2.75) is 0 Å². The summed E-state index contributed by atoms with van der Waals surface area (Å²) < 4.78 is 12.6. The molecule has 3 aromatic heterocycles. The van der Waals surface area contributed by atoms with E-state index in [1.54, 1.807) is 0 Å². The minimum absolute atomic E-state index is 0.583. The van der Waals surface area contributed by atoms with Gasteiger partial charge in [-0.25, -0.2) is 15.0 Å². The molecule has 0 aliphatic carbocycles. The molecule has 0 saturated carbocycles. The van der Waals surface area contributed by atoms with E-state index < -0.39 is 0 Å². The Balaban J connectivity index is 1.21. The maximum Gasteiger partial charge on any atom is 0.164 e. The Morgan fingerprint density at radius 1 is 0.326 bits per heavy atom. The fraction of sp³-hybridized carbons (Fsp3) is 0. The van der Waals surface area contributed by atoms with Crippen molar-refractivity contribution in [3.63, 3.8) is 0 Å². The van der Waals surface area contributed by atoms with Crippen LogP contribution in [0.3, 0.4) is 0 Å². The van der Waals surface area contributed by atoms with Crippen molar-refractivity contribution in [3.05, 3.63) is 140 Å². The third kappa shape index (κ3) is 3.79. The third-order valence-electron chi connectivity index (χ3n) is 8.90. The summed E-state index contributed by atoms with van der Waals surface area (Å²) in [5.74, 6) is 1.79. The predicted octanol–water partition coefficient (Wildman–Crippen LogP) is 11.0. The topological polar surface area (TPSA) is 65.0 Å². The van der Waals surface area contributed by atoms with Gasteiger partial charge in [-0.15, -0.1) is 0 Å². The van der Waals surface area contributed by atoms with E-state index in [0.717, 1.165) is 60.6 Å². The van der Waals surface area contributed by atoms with Gasteiger partial charge in [-0.3, -0.25) is 0 Å². The van der Waals surface area contributed by atoms with Crippen molar-refractivity contribution in [2.24, 2.45) is 0 Å². The second kappa shape index (κ2) is 9.58. The Bertz CT molecular complexity index is 2810. The van der Waals surface area contributed by atoms with E-state index in [0.29, 0.717) is 17.5 Å². The fourth-order valence-corrected chi connectivity index (χ4v) is 6.72. The standard InChI is InChI=1S/C41H23N3O2/c1-2-9-26(10-3-1)39-42-40(44-41(43-39)28-16-19-31-30-12-6-7-13-33(30)46-36(31)23-28)27-18-20-34-32(22-27)38-35(45-34)21-17-25-15-14-24-8-4-5-11-29(24)37(25)38/h1-23H. The molecule has 10 rings (SSSR count). The molecule has 0 atom stereocenters. The molecule has 10 aromatic rings. The zero-order valence-corrected chi connectivity index (χ0v) is 24.4. The van der Waals surface area contributed by atoms with Gasteiger partial charge in [0.15, 0.2) is 17.5 Å². The van der Waals surface area contributed by atoms with E-state index in [2.05, 4.69) is 72.8 Å². The zero-order valence-electron chi connectivity index (χ0n) is 24.4. The lowest BCUT2D eigenvalue weighted by molar-refractivity contribution is 0.668. The Kier molecular flexibility index (Phi) is 5.22. The van der Waals surface area contributed by atoms with Gasteiger partial charge in [-0.05, 0) is 58.6 Å². The lowest BCUT2D eigenvalue weighted by atomic mass is 9.97. The summed E-state index contributed by atoms with van der Waals surface area (Å²) >= 11 is 0. The van der Waals surface area contributed by atoms with Crippen molar-refractivity contribution in [3.8, 4) is 34.2 Å². The summed E-state index contributed by atoms with van der Waals surface area (Å²) in [5, 5.41) is 9.04. The third-order valence-corrected chi connectivity index (χ3v) is 8.90. The minimum atomic E-state index is 0.583. The molecule has 0 bridgehead atoms.